The minimum Gasteiger partial charge on any atom is -0.343 e. The topological polar surface area (TPSA) is 37.8 Å². The van der Waals surface area contributed by atoms with Gasteiger partial charge in [0.1, 0.15) is 4.99 Å². The smallest absolute Gasteiger partial charge is 0.187 e. The molecular weight excluding hydrogens is 206 g/mol. The monoisotopic (exact) mass is 215 g/mol. The number of anilines is 1. The van der Waals surface area contributed by atoms with Gasteiger partial charge in [-0.2, -0.15) is 0 Å². The second-order valence-electron chi connectivity index (χ2n) is 2.89. The Morgan fingerprint density at radius 1 is 1.00 bits per heavy atom. The summed E-state index contributed by atoms with van der Waals surface area (Å²) in [5, 5.41) is 3.06. The summed E-state index contributed by atoms with van der Waals surface area (Å²) < 4.78 is 0. The van der Waals surface area contributed by atoms with Crippen LogP contribution in [0.25, 0.3) is 0 Å². The first kappa shape index (κ1) is 9.73. The van der Waals surface area contributed by atoms with Gasteiger partial charge in [0.15, 0.2) is 5.82 Å². The van der Waals surface area contributed by atoms with Crippen LogP contribution in [0.5, 0.6) is 0 Å². The van der Waals surface area contributed by atoms with Crippen molar-refractivity contribution in [2.45, 2.75) is 0 Å². The van der Waals surface area contributed by atoms with Crippen LogP contribution >= 0.6 is 12.2 Å². The zero-order valence-electron chi connectivity index (χ0n) is 7.92. The van der Waals surface area contributed by atoms with Gasteiger partial charge in [0.25, 0.3) is 0 Å². The molecule has 0 atom stereocenters. The summed E-state index contributed by atoms with van der Waals surface area (Å²) in [4.78, 5) is 8.65. The first-order valence-corrected chi connectivity index (χ1v) is 4.90. The molecule has 0 aliphatic rings. The summed E-state index contributed by atoms with van der Waals surface area (Å²) in [7, 11) is 0. The van der Waals surface area contributed by atoms with Crippen LogP contribution in [-0.4, -0.2) is 15.0 Å². The number of nitrogens with zero attached hydrogens (tertiary/aromatic N) is 2. The molecular formula is C11H9N3S. The van der Waals surface area contributed by atoms with Crippen LogP contribution in [-0.2, 0) is 0 Å². The Morgan fingerprint density at radius 3 is 2.33 bits per heavy atom. The Kier molecular flexibility index (Phi) is 2.99. The van der Waals surface area contributed by atoms with Gasteiger partial charge in [0.05, 0.1) is 0 Å². The van der Waals surface area contributed by atoms with Crippen LogP contribution in [0.3, 0.4) is 0 Å². The first-order chi connectivity index (χ1) is 7.36. The van der Waals surface area contributed by atoms with E-state index in [1.165, 1.54) is 0 Å². The van der Waals surface area contributed by atoms with Crippen molar-refractivity contribution in [1.29, 1.82) is 0 Å². The maximum absolute atomic E-state index is 5.17. The van der Waals surface area contributed by atoms with Crippen molar-refractivity contribution in [3.05, 3.63) is 54.6 Å². The van der Waals surface area contributed by atoms with Crippen LogP contribution in [0.15, 0.2) is 48.8 Å². The molecule has 0 radical (unpaired) electrons. The van der Waals surface area contributed by atoms with E-state index in [0.717, 1.165) is 5.69 Å². The molecule has 0 aliphatic heterocycles. The molecule has 1 N–H and O–H groups in total. The summed E-state index contributed by atoms with van der Waals surface area (Å²) >= 11 is 5.17. The van der Waals surface area contributed by atoms with Crippen LogP contribution in [0, 0.1) is 0 Å². The molecule has 0 aliphatic carbocycles. The highest BCUT2D eigenvalue weighted by molar-refractivity contribution is 7.81. The number of hydrogen-bond acceptors (Lipinski definition) is 3. The molecule has 74 valence electrons. The van der Waals surface area contributed by atoms with Gasteiger partial charge in [-0.3, -0.25) is 0 Å². The highest BCUT2D eigenvalue weighted by atomic mass is 32.1. The molecule has 2 aromatic rings. The van der Waals surface area contributed by atoms with Gasteiger partial charge in [-0.05, 0) is 18.2 Å². The molecule has 15 heavy (non-hydrogen) atoms. The lowest BCUT2D eigenvalue weighted by Gasteiger charge is -2.05. The largest absolute Gasteiger partial charge is 0.343 e. The van der Waals surface area contributed by atoms with E-state index in [4.69, 9.17) is 12.2 Å². The standard InChI is InChI=1S/C11H9N3S/c15-11(10-12-7-4-8-13-10)14-9-5-2-1-3-6-9/h1-8H,(H,14,15). The van der Waals surface area contributed by atoms with Gasteiger partial charge >= 0.3 is 0 Å². The molecule has 2 rings (SSSR count). The molecule has 0 unspecified atom stereocenters. The van der Waals surface area contributed by atoms with Crippen molar-refractivity contribution in [3.8, 4) is 0 Å². The third-order valence-electron chi connectivity index (χ3n) is 1.80. The lowest BCUT2D eigenvalue weighted by Crippen LogP contribution is -2.13. The fourth-order valence-corrected chi connectivity index (χ4v) is 1.35. The molecule has 3 nitrogen and oxygen atoms in total. The lowest BCUT2D eigenvalue weighted by atomic mass is 10.3. The Labute approximate surface area is 93.2 Å². The Bertz CT molecular complexity index is 442. The SMILES string of the molecule is S=C(Nc1ccccc1)c1ncccn1. The van der Waals surface area contributed by atoms with Crippen molar-refractivity contribution in [1.82, 2.24) is 9.97 Å². The van der Waals surface area contributed by atoms with Gasteiger partial charge < -0.3 is 5.32 Å². The predicted octanol–water partition coefficient (Wildman–Crippen LogP) is 2.26. The minimum absolute atomic E-state index is 0.529. The molecule has 0 saturated heterocycles. The van der Waals surface area contributed by atoms with Crippen molar-refractivity contribution in [2.24, 2.45) is 0 Å². The fourth-order valence-electron chi connectivity index (χ4n) is 1.12. The number of aromatic nitrogens is 2. The van der Waals surface area contributed by atoms with E-state index in [-0.39, 0.29) is 0 Å². The summed E-state index contributed by atoms with van der Waals surface area (Å²) in [6.45, 7) is 0. The average molecular weight is 215 g/mol. The zero-order chi connectivity index (χ0) is 10.5. The molecule has 1 aromatic carbocycles. The third kappa shape index (κ3) is 2.57. The van der Waals surface area contributed by atoms with E-state index < -0.39 is 0 Å². The number of benzene rings is 1. The highest BCUT2D eigenvalue weighted by Gasteiger charge is 2.02. The molecule has 1 aromatic heterocycles. The van der Waals surface area contributed by atoms with E-state index in [2.05, 4.69) is 15.3 Å². The van der Waals surface area contributed by atoms with E-state index in [0.29, 0.717) is 10.8 Å². The normalized spacial score (nSPS) is 9.60. The maximum atomic E-state index is 5.17. The van der Waals surface area contributed by atoms with Crippen molar-refractivity contribution < 1.29 is 0 Å². The molecule has 1 heterocycles. The van der Waals surface area contributed by atoms with E-state index in [9.17, 15) is 0 Å². The maximum Gasteiger partial charge on any atom is 0.187 e. The van der Waals surface area contributed by atoms with Gasteiger partial charge in [0.2, 0.25) is 0 Å². The summed E-state index contributed by atoms with van der Waals surface area (Å²) in [6, 6.07) is 11.5. The average Bonchev–Trinajstić information content (AvgIpc) is 2.31. The molecule has 0 saturated carbocycles. The molecule has 0 spiro atoms. The Balaban J connectivity index is 2.12. The van der Waals surface area contributed by atoms with Crippen LogP contribution in [0.2, 0.25) is 0 Å². The zero-order valence-corrected chi connectivity index (χ0v) is 8.74. The third-order valence-corrected chi connectivity index (χ3v) is 2.09. The van der Waals surface area contributed by atoms with Crippen molar-refractivity contribution in [3.63, 3.8) is 0 Å². The van der Waals surface area contributed by atoms with Gasteiger partial charge in [-0.1, -0.05) is 30.4 Å². The quantitative estimate of drug-likeness (QED) is 0.780. The summed E-state index contributed by atoms with van der Waals surface area (Å²) in [5.74, 6) is 0.538. The summed E-state index contributed by atoms with van der Waals surface area (Å²) in [6.07, 6.45) is 3.34. The second-order valence-corrected chi connectivity index (χ2v) is 3.30. The number of rotatable bonds is 2. The van der Waals surface area contributed by atoms with Gasteiger partial charge in [0, 0.05) is 18.1 Å². The Morgan fingerprint density at radius 2 is 1.67 bits per heavy atom. The molecule has 4 heteroatoms. The second kappa shape index (κ2) is 4.61. The number of para-hydroxylation sites is 1. The van der Waals surface area contributed by atoms with E-state index in [1.54, 1.807) is 18.5 Å². The number of hydrogen-bond donors (Lipinski definition) is 1. The van der Waals surface area contributed by atoms with Crippen molar-refractivity contribution in [2.75, 3.05) is 5.32 Å². The molecule has 0 bridgehead atoms. The van der Waals surface area contributed by atoms with E-state index in [1.807, 2.05) is 30.3 Å². The summed E-state index contributed by atoms with van der Waals surface area (Å²) in [5.41, 5.74) is 0.940. The molecule has 0 amide bonds. The minimum atomic E-state index is 0.529. The number of nitrogens with one attached hydrogen (secondary N) is 1. The van der Waals surface area contributed by atoms with Gasteiger partial charge in [-0.15, -0.1) is 0 Å². The van der Waals surface area contributed by atoms with E-state index >= 15 is 0 Å². The number of thiocarbonyl (C=S) groups is 1. The van der Waals surface area contributed by atoms with Crippen LogP contribution < -0.4 is 5.32 Å². The molecule has 0 fully saturated rings. The lowest BCUT2D eigenvalue weighted by molar-refractivity contribution is 1.14. The predicted molar refractivity (Wildman–Crippen MR) is 63.8 cm³/mol. The van der Waals surface area contributed by atoms with Crippen LogP contribution in [0.4, 0.5) is 5.69 Å². The van der Waals surface area contributed by atoms with Crippen molar-refractivity contribution >= 4 is 22.9 Å². The van der Waals surface area contributed by atoms with Crippen LogP contribution in [0.1, 0.15) is 5.82 Å². The first-order valence-electron chi connectivity index (χ1n) is 4.50. The van der Waals surface area contributed by atoms with Gasteiger partial charge in [-0.25, -0.2) is 9.97 Å². The highest BCUT2D eigenvalue weighted by Crippen LogP contribution is 2.06. The Hall–Kier alpha value is -1.81. The fraction of sp³-hybridized carbons (Fsp3) is 0.